The number of hydrogen-bond acceptors (Lipinski definition) is 2. The van der Waals surface area contributed by atoms with Gasteiger partial charge in [-0.3, -0.25) is 4.79 Å². The normalized spacial score (nSPS) is 11.9. The summed E-state index contributed by atoms with van der Waals surface area (Å²) in [5.41, 5.74) is -0.346. The zero-order valence-electron chi connectivity index (χ0n) is 18.1. The second-order valence-corrected chi connectivity index (χ2v) is 9.34. The lowest BCUT2D eigenvalue weighted by Crippen LogP contribution is -2.28. The van der Waals surface area contributed by atoms with E-state index < -0.39 is 0 Å². The molecule has 0 aromatic heterocycles. The number of halogens is 1. The molecule has 0 aliphatic heterocycles. The van der Waals surface area contributed by atoms with Gasteiger partial charge >= 0.3 is 5.97 Å². The summed E-state index contributed by atoms with van der Waals surface area (Å²) in [6, 6.07) is 0. The summed E-state index contributed by atoms with van der Waals surface area (Å²) in [6.07, 6.45) is 17.2. The van der Waals surface area contributed by atoms with Gasteiger partial charge in [-0.25, -0.2) is 0 Å². The molecule has 0 spiro atoms. The molecule has 26 heavy (non-hydrogen) atoms. The van der Waals surface area contributed by atoms with Gasteiger partial charge in [-0.15, -0.1) is 0 Å². The number of rotatable bonds is 18. The first kappa shape index (κ1) is 26.0. The first-order valence-corrected chi connectivity index (χ1v) is 12.3. The Bertz CT molecular complexity index is 316. The van der Waals surface area contributed by atoms with Gasteiger partial charge in [0, 0.05) is 5.33 Å². The Hall–Kier alpha value is -0.0500. The maximum Gasteiger partial charge on any atom is 0.311 e. The van der Waals surface area contributed by atoms with Crippen LogP contribution in [0.1, 0.15) is 118 Å². The minimum atomic E-state index is -0.346. The van der Waals surface area contributed by atoms with Gasteiger partial charge in [-0.1, -0.05) is 94.0 Å². The fourth-order valence-electron chi connectivity index (χ4n) is 3.36. The van der Waals surface area contributed by atoms with Gasteiger partial charge in [0.15, 0.2) is 0 Å². The third-order valence-electron chi connectivity index (χ3n) is 5.37. The second kappa shape index (κ2) is 17.1. The molecule has 0 amide bonds. The van der Waals surface area contributed by atoms with Crippen LogP contribution < -0.4 is 0 Å². The van der Waals surface area contributed by atoms with Gasteiger partial charge in [0.25, 0.3) is 0 Å². The molecule has 2 nitrogen and oxygen atoms in total. The van der Waals surface area contributed by atoms with Crippen molar-refractivity contribution in [2.75, 3.05) is 11.9 Å². The van der Waals surface area contributed by atoms with E-state index in [-0.39, 0.29) is 11.4 Å². The van der Waals surface area contributed by atoms with Crippen molar-refractivity contribution >= 4 is 21.9 Å². The molecule has 0 saturated carbocycles. The molecule has 0 unspecified atom stereocenters. The summed E-state index contributed by atoms with van der Waals surface area (Å²) < 4.78 is 5.79. The third-order valence-corrected chi connectivity index (χ3v) is 5.93. The lowest BCUT2D eigenvalue weighted by molar-refractivity contribution is -0.156. The lowest BCUT2D eigenvalue weighted by Gasteiger charge is -2.24. The molecule has 0 rings (SSSR count). The largest absolute Gasteiger partial charge is 0.465 e. The van der Waals surface area contributed by atoms with Crippen molar-refractivity contribution in [3.63, 3.8) is 0 Å². The van der Waals surface area contributed by atoms with E-state index in [9.17, 15) is 4.79 Å². The fraction of sp³-hybridized carbons (Fsp3) is 0.957. The predicted octanol–water partition coefficient (Wildman–Crippen LogP) is 8.07. The predicted molar refractivity (Wildman–Crippen MR) is 118 cm³/mol. The highest BCUT2D eigenvalue weighted by atomic mass is 79.9. The molecule has 156 valence electrons. The van der Waals surface area contributed by atoms with E-state index in [1.54, 1.807) is 0 Å². The van der Waals surface area contributed by atoms with E-state index in [2.05, 4.69) is 29.8 Å². The summed E-state index contributed by atoms with van der Waals surface area (Å²) in [5, 5.41) is 1.05. The number of esters is 1. The molecule has 0 radical (unpaired) electrons. The van der Waals surface area contributed by atoms with Gasteiger partial charge in [0.2, 0.25) is 0 Å². The van der Waals surface area contributed by atoms with E-state index in [0.717, 1.165) is 18.2 Å². The van der Waals surface area contributed by atoms with Crippen molar-refractivity contribution in [2.24, 2.45) is 11.3 Å². The van der Waals surface area contributed by atoms with Crippen LogP contribution in [-0.4, -0.2) is 17.9 Å². The van der Waals surface area contributed by atoms with Crippen LogP contribution in [0.15, 0.2) is 0 Å². The van der Waals surface area contributed by atoms with Crippen LogP contribution >= 0.6 is 15.9 Å². The minimum absolute atomic E-state index is 0.00320. The molecule has 0 N–H and O–H groups in total. The van der Waals surface area contributed by atoms with Crippen molar-refractivity contribution < 1.29 is 9.53 Å². The molecule has 0 aliphatic carbocycles. The Morgan fingerprint density at radius 2 is 1.38 bits per heavy atom. The van der Waals surface area contributed by atoms with E-state index in [0.29, 0.717) is 12.5 Å². The highest BCUT2D eigenvalue weighted by molar-refractivity contribution is 9.09. The van der Waals surface area contributed by atoms with Crippen molar-refractivity contribution in [1.82, 2.24) is 0 Å². The van der Waals surface area contributed by atoms with Gasteiger partial charge in [0.1, 0.15) is 0 Å². The summed E-state index contributed by atoms with van der Waals surface area (Å²) in [6.45, 7) is 9.22. The van der Waals surface area contributed by atoms with E-state index >= 15 is 0 Å². The second-order valence-electron chi connectivity index (χ2n) is 8.55. The molecule has 3 heteroatoms. The summed E-state index contributed by atoms with van der Waals surface area (Å²) >= 11 is 3.47. The van der Waals surface area contributed by atoms with Crippen LogP contribution in [0.5, 0.6) is 0 Å². The van der Waals surface area contributed by atoms with Crippen LogP contribution in [0.3, 0.4) is 0 Å². The number of carbonyl (C=O) groups is 1. The molecule has 0 aliphatic rings. The number of ether oxygens (including phenoxy) is 1. The fourth-order valence-corrected chi connectivity index (χ4v) is 3.76. The molecule has 0 aromatic rings. The number of unbranched alkanes of at least 4 members (excludes halogenated alkanes) is 8. The Balaban J connectivity index is 4.27. The summed E-state index contributed by atoms with van der Waals surface area (Å²) in [4.78, 5) is 12.6. The van der Waals surface area contributed by atoms with Crippen molar-refractivity contribution in [3.05, 3.63) is 0 Å². The molecule has 0 bridgehead atoms. The highest BCUT2D eigenvalue weighted by Gasteiger charge is 2.29. The number of alkyl halides is 1. The molecule has 0 atom stereocenters. The smallest absolute Gasteiger partial charge is 0.311 e. The van der Waals surface area contributed by atoms with Gasteiger partial charge in [-0.2, -0.15) is 0 Å². The number of carbonyl (C=O) groups excluding carboxylic acids is 1. The Kier molecular flexibility index (Phi) is 17.0. The van der Waals surface area contributed by atoms with Gasteiger partial charge in [-0.05, 0) is 45.4 Å². The van der Waals surface area contributed by atoms with Crippen molar-refractivity contribution in [1.29, 1.82) is 0 Å². The first-order chi connectivity index (χ1) is 12.5. The molecule has 0 aromatic carbocycles. The highest BCUT2D eigenvalue weighted by Crippen LogP contribution is 2.27. The molecule has 0 heterocycles. The Morgan fingerprint density at radius 3 is 1.88 bits per heavy atom. The van der Waals surface area contributed by atoms with E-state index in [1.165, 1.54) is 77.0 Å². The zero-order valence-corrected chi connectivity index (χ0v) is 19.7. The van der Waals surface area contributed by atoms with Crippen LogP contribution in [0, 0.1) is 11.3 Å². The quantitative estimate of drug-likeness (QED) is 0.124. The molecular weight excluding hydrogens is 388 g/mol. The average molecular weight is 434 g/mol. The van der Waals surface area contributed by atoms with Crippen LogP contribution in [0.25, 0.3) is 0 Å². The first-order valence-electron chi connectivity index (χ1n) is 11.2. The van der Waals surface area contributed by atoms with E-state index in [4.69, 9.17) is 4.74 Å². The number of hydrogen-bond donors (Lipinski definition) is 0. The Morgan fingerprint density at radius 1 is 0.846 bits per heavy atom. The average Bonchev–Trinajstić information content (AvgIpc) is 2.62. The SMILES string of the molecule is CCCCCCC(CCCCCC)COC(=O)C(C)(C)CCCCCBr. The van der Waals surface area contributed by atoms with Crippen LogP contribution in [0.4, 0.5) is 0 Å². The minimum Gasteiger partial charge on any atom is -0.465 e. The maximum absolute atomic E-state index is 12.6. The monoisotopic (exact) mass is 432 g/mol. The lowest BCUT2D eigenvalue weighted by atomic mass is 9.87. The van der Waals surface area contributed by atoms with Gasteiger partial charge in [0.05, 0.1) is 12.0 Å². The molecular formula is C23H45BrO2. The molecule has 0 fully saturated rings. The molecule has 0 saturated heterocycles. The van der Waals surface area contributed by atoms with Crippen molar-refractivity contribution in [2.45, 2.75) is 118 Å². The maximum atomic E-state index is 12.6. The zero-order chi connectivity index (χ0) is 19.7. The standard InChI is InChI=1S/C23H45BrO2/c1-5-7-9-12-16-21(17-13-10-8-6-2)20-26-22(25)23(3,4)18-14-11-15-19-24/h21H,5-20H2,1-4H3. The van der Waals surface area contributed by atoms with Crippen molar-refractivity contribution in [3.8, 4) is 0 Å². The topological polar surface area (TPSA) is 26.3 Å². The summed E-state index contributed by atoms with van der Waals surface area (Å²) in [7, 11) is 0. The Labute approximate surface area is 172 Å². The summed E-state index contributed by atoms with van der Waals surface area (Å²) in [5.74, 6) is 0.556. The van der Waals surface area contributed by atoms with Crippen LogP contribution in [0.2, 0.25) is 0 Å². The van der Waals surface area contributed by atoms with Crippen LogP contribution in [-0.2, 0) is 9.53 Å². The van der Waals surface area contributed by atoms with Gasteiger partial charge < -0.3 is 4.74 Å². The third kappa shape index (κ3) is 14.1. The van der Waals surface area contributed by atoms with E-state index in [1.807, 2.05) is 13.8 Å².